The van der Waals surface area contributed by atoms with Crippen molar-refractivity contribution in [3.05, 3.63) is 29.6 Å². The van der Waals surface area contributed by atoms with E-state index in [1.165, 1.54) is 32.9 Å². The number of hydrogen-bond acceptors (Lipinski definition) is 3. The molecule has 0 atom stereocenters. The Morgan fingerprint density at radius 1 is 1.39 bits per heavy atom. The van der Waals surface area contributed by atoms with E-state index >= 15 is 0 Å². The van der Waals surface area contributed by atoms with Gasteiger partial charge in [0.1, 0.15) is 16.3 Å². The topological polar surface area (TPSA) is 89.3 Å². The number of carbonyl (C=O) groups is 1. The highest BCUT2D eigenvalue weighted by Crippen LogP contribution is 2.20. The Morgan fingerprint density at radius 3 is 2.39 bits per heavy atom. The molecule has 0 aliphatic carbocycles. The molecule has 0 saturated carbocycles. The molecule has 0 aromatic heterocycles. The van der Waals surface area contributed by atoms with Crippen LogP contribution >= 0.6 is 0 Å². The van der Waals surface area contributed by atoms with Gasteiger partial charge in [-0.25, -0.2) is 12.8 Å². The van der Waals surface area contributed by atoms with Gasteiger partial charge in [0.15, 0.2) is 0 Å². The first-order valence-corrected chi connectivity index (χ1v) is 6.65. The minimum absolute atomic E-state index is 0.253. The fraction of sp³-hybridized carbons (Fsp3) is 0.364. The summed E-state index contributed by atoms with van der Waals surface area (Å²) in [6, 6.07) is 3.91. The number of halogens is 1. The second kappa shape index (κ2) is 4.66. The molecule has 0 aliphatic rings. The first kappa shape index (κ1) is 14.6. The van der Waals surface area contributed by atoms with Crippen LogP contribution in [0.3, 0.4) is 0 Å². The zero-order valence-electron chi connectivity index (χ0n) is 10.3. The number of nitrogens with one attached hydrogen (secondary N) is 1. The fourth-order valence-electron chi connectivity index (χ4n) is 1.39. The zero-order valence-corrected chi connectivity index (χ0v) is 11.1. The number of amides is 1. The lowest BCUT2D eigenvalue weighted by molar-refractivity contribution is -0.122. The second-order valence-electron chi connectivity index (χ2n) is 4.48. The molecule has 0 saturated heterocycles. The number of nitrogens with two attached hydrogens (primary N) is 1. The van der Waals surface area contributed by atoms with Crippen LogP contribution < -0.4 is 10.5 Å². The van der Waals surface area contributed by atoms with Crippen LogP contribution in [0.2, 0.25) is 0 Å². The van der Waals surface area contributed by atoms with Gasteiger partial charge in [-0.3, -0.25) is 4.79 Å². The van der Waals surface area contributed by atoms with Crippen LogP contribution in [0.4, 0.5) is 4.39 Å². The van der Waals surface area contributed by atoms with Gasteiger partial charge in [-0.15, -0.1) is 0 Å². The summed E-state index contributed by atoms with van der Waals surface area (Å²) >= 11 is 0. The monoisotopic (exact) mass is 274 g/mol. The van der Waals surface area contributed by atoms with Crippen molar-refractivity contribution < 1.29 is 17.6 Å². The Morgan fingerprint density at radius 2 is 1.94 bits per heavy atom. The summed E-state index contributed by atoms with van der Waals surface area (Å²) in [6.45, 7) is 4.08. The van der Waals surface area contributed by atoms with Crippen molar-refractivity contribution in [2.75, 3.05) is 0 Å². The predicted molar refractivity (Wildman–Crippen MR) is 64.7 cm³/mol. The molecule has 100 valence electrons. The van der Waals surface area contributed by atoms with Crippen molar-refractivity contribution in [3.8, 4) is 0 Å². The molecule has 18 heavy (non-hydrogen) atoms. The van der Waals surface area contributed by atoms with Crippen molar-refractivity contribution in [1.29, 1.82) is 0 Å². The molecule has 3 N–H and O–H groups in total. The molecule has 1 aromatic carbocycles. The van der Waals surface area contributed by atoms with Crippen molar-refractivity contribution in [2.24, 2.45) is 5.73 Å². The zero-order chi connectivity index (χ0) is 14.1. The number of carbonyl (C=O) groups excluding carboxylic acids is 1. The SMILES string of the molecule is Cc1cccc(F)c1S(=O)(=O)NC(C)(C)C(N)=O. The Kier molecular flexibility index (Phi) is 3.78. The lowest BCUT2D eigenvalue weighted by atomic mass is 10.1. The smallest absolute Gasteiger partial charge is 0.244 e. The Balaban J connectivity index is 3.28. The summed E-state index contributed by atoms with van der Waals surface area (Å²) < 4.78 is 39.7. The Bertz CT molecular complexity index is 562. The van der Waals surface area contributed by atoms with E-state index in [9.17, 15) is 17.6 Å². The van der Waals surface area contributed by atoms with Gasteiger partial charge in [0, 0.05) is 0 Å². The third-order valence-electron chi connectivity index (χ3n) is 2.44. The number of primary amides is 1. The molecule has 0 bridgehead atoms. The van der Waals surface area contributed by atoms with E-state index in [1.54, 1.807) is 0 Å². The van der Waals surface area contributed by atoms with Crippen LogP contribution in [0.15, 0.2) is 23.1 Å². The van der Waals surface area contributed by atoms with Crippen LogP contribution in [-0.2, 0) is 14.8 Å². The number of sulfonamides is 1. The summed E-state index contributed by atoms with van der Waals surface area (Å²) in [6.07, 6.45) is 0. The average Bonchev–Trinajstić information content (AvgIpc) is 2.14. The largest absolute Gasteiger partial charge is 0.368 e. The van der Waals surface area contributed by atoms with Crippen LogP contribution in [0.1, 0.15) is 19.4 Å². The van der Waals surface area contributed by atoms with E-state index in [0.29, 0.717) is 0 Å². The van der Waals surface area contributed by atoms with Crippen molar-refractivity contribution >= 4 is 15.9 Å². The van der Waals surface area contributed by atoms with Gasteiger partial charge >= 0.3 is 0 Å². The number of rotatable bonds is 4. The summed E-state index contributed by atoms with van der Waals surface area (Å²) in [5.41, 5.74) is 3.83. The molecule has 0 aliphatic heterocycles. The van der Waals surface area contributed by atoms with Gasteiger partial charge < -0.3 is 5.73 Å². The molecule has 0 unspecified atom stereocenters. The minimum atomic E-state index is -4.15. The molecule has 0 spiro atoms. The van der Waals surface area contributed by atoms with Crippen molar-refractivity contribution in [2.45, 2.75) is 31.2 Å². The molecule has 0 fully saturated rings. The van der Waals surface area contributed by atoms with Gasteiger partial charge in [0.05, 0.1) is 0 Å². The maximum Gasteiger partial charge on any atom is 0.244 e. The van der Waals surface area contributed by atoms with Crippen molar-refractivity contribution in [3.63, 3.8) is 0 Å². The molecule has 7 heteroatoms. The highest BCUT2D eigenvalue weighted by atomic mass is 32.2. The van der Waals surface area contributed by atoms with E-state index < -0.39 is 32.2 Å². The van der Waals surface area contributed by atoms with E-state index in [1.807, 2.05) is 0 Å². The summed E-state index contributed by atoms with van der Waals surface area (Å²) in [5, 5.41) is 0. The Hall–Kier alpha value is -1.47. The van der Waals surface area contributed by atoms with E-state index in [2.05, 4.69) is 4.72 Å². The highest BCUT2D eigenvalue weighted by Gasteiger charge is 2.33. The van der Waals surface area contributed by atoms with E-state index in [4.69, 9.17) is 5.73 Å². The van der Waals surface area contributed by atoms with Gasteiger partial charge in [0.25, 0.3) is 0 Å². The predicted octanol–water partition coefficient (Wildman–Crippen LogP) is 0.676. The summed E-state index contributed by atoms with van der Waals surface area (Å²) in [4.78, 5) is 10.6. The first-order chi connectivity index (χ1) is 8.08. The highest BCUT2D eigenvalue weighted by molar-refractivity contribution is 7.89. The van der Waals surface area contributed by atoms with Crippen LogP contribution in [0, 0.1) is 12.7 Å². The molecule has 1 rings (SSSR count). The molecular weight excluding hydrogens is 259 g/mol. The van der Waals surface area contributed by atoms with Crippen LogP contribution in [0.25, 0.3) is 0 Å². The van der Waals surface area contributed by atoms with Crippen LogP contribution in [0.5, 0.6) is 0 Å². The average molecular weight is 274 g/mol. The molecule has 0 radical (unpaired) electrons. The van der Waals surface area contributed by atoms with Crippen LogP contribution in [-0.4, -0.2) is 19.9 Å². The third kappa shape index (κ3) is 2.85. The van der Waals surface area contributed by atoms with Gasteiger partial charge in [-0.1, -0.05) is 12.1 Å². The Labute approximate surface area is 105 Å². The second-order valence-corrected chi connectivity index (χ2v) is 6.10. The molecule has 1 amide bonds. The molecule has 0 heterocycles. The lowest BCUT2D eigenvalue weighted by Gasteiger charge is -2.22. The van der Waals surface area contributed by atoms with E-state index in [0.717, 1.165) is 6.07 Å². The number of benzene rings is 1. The van der Waals surface area contributed by atoms with E-state index in [-0.39, 0.29) is 5.56 Å². The maximum absolute atomic E-state index is 13.6. The maximum atomic E-state index is 13.6. The third-order valence-corrected chi connectivity index (χ3v) is 4.27. The minimum Gasteiger partial charge on any atom is -0.368 e. The summed E-state index contributed by atoms with van der Waals surface area (Å²) in [7, 11) is -4.15. The van der Waals surface area contributed by atoms with Crippen molar-refractivity contribution in [1.82, 2.24) is 4.72 Å². The standard InChI is InChI=1S/C11H15FN2O3S/c1-7-5-4-6-8(12)9(7)18(16,17)14-11(2,3)10(13)15/h4-6,14H,1-3H3,(H2,13,15). The van der Waals surface area contributed by atoms with Gasteiger partial charge in [-0.2, -0.15) is 4.72 Å². The molecule has 1 aromatic rings. The lowest BCUT2D eigenvalue weighted by Crippen LogP contribution is -2.53. The summed E-state index contributed by atoms with van der Waals surface area (Å²) in [5.74, 6) is -1.72. The quantitative estimate of drug-likeness (QED) is 0.846. The fourth-order valence-corrected chi connectivity index (χ4v) is 3.09. The van der Waals surface area contributed by atoms with Gasteiger partial charge in [-0.05, 0) is 32.4 Å². The first-order valence-electron chi connectivity index (χ1n) is 5.17. The number of hydrogen-bond donors (Lipinski definition) is 2. The normalized spacial score (nSPS) is 12.4. The molecule has 5 nitrogen and oxygen atoms in total. The number of aryl methyl sites for hydroxylation is 1. The molecular formula is C11H15FN2O3S. The van der Waals surface area contributed by atoms with Gasteiger partial charge in [0.2, 0.25) is 15.9 Å².